The van der Waals surface area contributed by atoms with E-state index in [4.69, 9.17) is 14.5 Å². The largest absolute Gasteiger partial charge is 0.497 e. The minimum Gasteiger partial charge on any atom is -0.497 e. The number of piperidine rings is 1. The highest BCUT2D eigenvalue weighted by atomic mass is 32.2. The highest BCUT2D eigenvalue weighted by Gasteiger charge is 2.35. The van der Waals surface area contributed by atoms with E-state index in [-0.39, 0.29) is 36.4 Å². The van der Waals surface area contributed by atoms with Crippen LogP contribution < -0.4 is 14.4 Å². The average Bonchev–Trinajstić information content (AvgIpc) is 3.39. The van der Waals surface area contributed by atoms with Crippen LogP contribution in [-0.4, -0.2) is 55.4 Å². The van der Waals surface area contributed by atoms with Gasteiger partial charge in [-0.2, -0.15) is 4.31 Å². The van der Waals surface area contributed by atoms with E-state index in [2.05, 4.69) is 4.98 Å². The molecule has 1 saturated heterocycles. The predicted octanol–water partition coefficient (Wildman–Crippen LogP) is 4.73. The molecule has 0 spiro atoms. The van der Waals surface area contributed by atoms with Crippen molar-refractivity contribution in [3.05, 3.63) is 72.6 Å². The van der Waals surface area contributed by atoms with Crippen LogP contribution in [0.5, 0.6) is 11.5 Å². The molecular weight excluding hydrogens is 536 g/mol. The number of anilines is 1. The van der Waals surface area contributed by atoms with Crippen molar-refractivity contribution in [2.24, 2.45) is 5.92 Å². The molecule has 39 heavy (non-hydrogen) atoms. The van der Waals surface area contributed by atoms with E-state index in [1.807, 2.05) is 43.3 Å². The number of sulfonamides is 1. The van der Waals surface area contributed by atoms with Gasteiger partial charge in [-0.15, -0.1) is 0 Å². The second-order valence-electron chi connectivity index (χ2n) is 9.16. The fraction of sp³-hybridized carbons (Fsp3) is 0.321. The smallest absolute Gasteiger partial charge is 0.243 e. The molecule has 0 bridgehead atoms. The molecule has 5 rings (SSSR count). The normalized spacial score (nSPS) is 14.8. The van der Waals surface area contributed by atoms with Crippen molar-refractivity contribution in [2.75, 3.05) is 31.7 Å². The minimum absolute atomic E-state index is 0.0776. The first-order chi connectivity index (χ1) is 18.9. The van der Waals surface area contributed by atoms with E-state index in [1.165, 1.54) is 22.8 Å². The molecule has 9 nitrogen and oxygen atoms in total. The number of amides is 1. The number of aromatic nitrogens is 2. The van der Waals surface area contributed by atoms with E-state index in [1.54, 1.807) is 35.4 Å². The zero-order chi connectivity index (χ0) is 27.4. The van der Waals surface area contributed by atoms with Crippen LogP contribution in [0.15, 0.2) is 71.8 Å². The molecular formula is C28H30N4O5S2. The third-order valence-electron chi connectivity index (χ3n) is 6.70. The first-order valence-electron chi connectivity index (χ1n) is 12.8. The maximum Gasteiger partial charge on any atom is 0.243 e. The summed E-state index contributed by atoms with van der Waals surface area (Å²) in [5.41, 5.74) is 1.54. The zero-order valence-corrected chi connectivity index (χ0v) is 23.5. The van der Waals surface area contributed by atoms with Crippen molar-refractivity contribution < 1.29 is 22.7 Å². The Labute approximate surface area is 232 Å². The number of hydrogen-bond acceptors (Lipinski definition) is 8. The SMILES string of the molecule is CCOc1ccc2nc(N(Cc3ccccn3)C(=O)C3CCN(S(=O)(=O)c4ccc(OC)cc4)CC3)sc2c1. The van der Waals surface area contributed by atoms with Gasteiger partial charge in [0.05, 0.1) is 41.1 Å². The summed E-state index contributed by atoms with van der Waals surface area (Å²) in [6.07, 6.45) is 2.55. The molecule has 1 fully saturated rings. The van der Waals surface area contributed by atoms with Gasteiger partial charge in [0.25, 0.3) is 0 Å². The summed E-state index contributed by atoms with van der Waals surface area (Å²) in [6.45, 7) is 3.30. The molecule has 3 heterocycles. The summed E-state index contributed by atoms with van der Waals surface area (Å²) in [4.78, 5) is 25.0. The molecule has 0 saturated carbocycles. The van der Waals surface area contributed by atoms with Crippen molar-refractivity contribution in [3.8, 4) is 11.5 Å². The monoisotopic (exact) mass is 566 g/mol. The Morgan fingerprint density at radius 2 is 1.82 bits per heavy atom. The van der Waals surface area contributed by atoms with E-state index in [9.17, 15) is 13.2 Å². The van der Waals surface area contributed by atoms with Gasteiger partial charge in [0.1, 0.15) is 11.5 Å². The Kier molecular flexibility index (Phi) is 8.10. The lowest BCUT2D eigenvalue weighted by Gasteiger charge is -2.33. The minimum atomic E-state index is -3.66. The molecule has 0 radical (unpaired) electrons. The number of ether oxygens (including phenoxy) is 2. The number of hydrogen-bond donors (Lipinski definition) is 0. The molecule has 2 aromatic carbocycles. The van der Waals surface area contributed by atoms with Gasteiger partial charge in [-0.1, -0.05) is 17.4 Å². The first kappa shape index (κ1) is 27.0. The van der Waals surface area contributed by atoms with Crippen LogP contribution in [0.3, 0.4) is 0 Å². The number of carbonyl (C=O) groups excluding carboxylic acids is 1. The van der Waals surface area contributed by atoms with Gasteiger partial charge in [0.15, 0.2) is 5.13 Å². The standard InChI is InChI=1S/C28H30N4O5S2/c1-3-37-23-9-12-25-26(18-23)38-28(30-25)32(19-21-6-4-5-15-29-21)27(33)20-13-16-31(17-14-20)39(34,35)24-10-7-22(36-2)8-11-24/h4-12,15,18,20H,3,13-14,16-17,19H2,1-2H3. The van der Waals surface area contributed by atoms with Gasteiger partial charge >= 0.3 is 0 Å². The van der Waals surface area contributed by atoms with E-state index in [0.717, 1.165) is 21.7 Å². The van der Waals surface area contributed by atoms with Crippen LogP contribution >= 0.6 is 11.3 Å². The van der Waals surface area contributed by atoms with Crippen molar-refractivity contribution >= 4 is 42.6 Å². The molecule has 1 aliphatic rings. The lowest BCUT2D eigenvalue weighted by Crippen LogP contribution is -2.44. The highest BCUT2D eigenvalue weighted by Crippen LogP contribution is 2.34. The van der Waals surface area contributed by atoms with Crippen molar-refractivity contribution in [3.63, 3.8) is 0 Å². The summed E-state index contributed by atoms with van der Waals surface area (Å²) in [5.74, 6) is 0.941. The third-order valence-corrected chi connectivity index (χ3v) is 9.66. The second kappa shape index (κ2) is 11.7. The number of fused-ring (bicyclic) bond motifs is 1. The summed E-state index contributed by atoms with van der Waals surface area (Å²) in [7, 11) is -2.13. The number of benzene rings is 2. The summed E-state index contributed by atoms with van der Waals surface area (Å²) in [6, 6.07) is 17.7. The van der Waals surface area contributed by atoms with Crippen LogP contribution in [0.2, 0.25) is 0 Å². The van der Waals surface area contributed by atoms with Crippen LogP contribution in [-0.2, 0) is 21.4 Å². The van der Waals surface area contributed by atoms with Crippen LogP contribution in [0.25, 0.3) is 10.2 Å². The Morgan fingerprint density at radius 3 is 2.49 bits per heavy atom. The van der Waals surface area contributed by atoms with Crippen molar-refractivity contribution in [1.29, 1.82) is 0 Å². The number of pyridine rings is 1. The summed E-state index contributed by atoms with van der Waals surface area (Å²) in [5, 5.41) is 0.586. The molecule has 4 aromatic rings. The molecule has 1 amide bonds. The van der Waals surface area contributed by atoms with Crippen LogP contribution in [0.1, 0.15) is 25.5 Å². The van der Waals surface area contributed by atoms with Gasteiger partial charge in [0, 0.05) is 25.2 Å². The molecule has 2 aromatic heterocycles. The molecule has 1 aliphatic heterocycles. The Balaban J connectivity index is 1.36. The molecule has 204 valence electrons. The third kappa shape index (κ3) is 5.90. The topological polar surface area (TPSA) is 102 Å². The second-order valence-corrected chi connectivity index (χ2v) is 12.1. The fourth-order valence-corrected chi connectivity index (χ4v) is 7.09. The number of methoxy groups -OCH3 is 1. The quantitative estimate of drug-likeness (QED) is 0.289. The Bertz CT molecular complexity index is 1530. The maximum atomic E-state index is 13.9. The van der Waals surface area contributed by atoms with Gasteiger partial charge < -0.3 is 9.47 Å². The summed E-state index contributed by atoms with van der Waals surface area (Å²) < 4.78 is 39.5. The Hall–Kier alpha value is -3.54. The molecule has 0 atom stereocenters. The van der Waals surface area contributed by atoms with E-state index >= 15 is 0 Å². The van der Waals surface area contributed by atoms with E-state index in [0.29, 0.717) is 30.3 Å². The predicted molar refractivity (Wildman–Crippen MR) is 151 cm³/mol. The number of carbonyl (C=O) groups is 1. The van der Waals surface area contributed by atoms with Crippen LogP contribution in [0, 0.1) is 5.92 Å². The molecule has 11 heteroatoms. The van der Waals surface area contributed by atoms with Crippen molar-refractivity contribution in [1.82, 2.24) is 14.3 Å². The van der Waals surface area contributed by atoms with E-state index < -0.39 is 10.0 Å². The van der Waals surface area contributed by atoms with Gasteiger partial charge in [0.2, 0.25) is 15.9 Å². The van der Waals surface area contributed by atoms with Gasteiger partial charge in [-0.25, -0.2) is 13.4 Å². The number of nitrogens with zero attached hydrogens (tertiary/aromatic N) is 4. The van der Waals surface area contributed by atoms with Gasteiger partial charge in [-0.3, -0.25) is 14.7 Å². The van der Waals surface area contributed by atoms with Gasteiger partial charge in [-0.05, 0) is 74.4 Å². The molecule has 0 N–H and O–H groups in total. The first-order valence-corrected chi connectivity index (χ1v) is 15.0. The number of rotatable bonds is 9. The highest BCUT2D eigenvalue weighted by molar-refractivity contribution is 7.89. The van der Waals surface area contributed by atoms with Crippen molar-refractivity contribution in [2.45, 2.75) is 31.2 Å². The number of thiazole rings is 1. The summed E-state index contributed by atoms with van der Waals surface area (Å²) >= 11 is 1.43. The lowest BCUT2D eigenvalue weighted by atomic mass is 9.96. The fourth-order valence-electron chi connectivity index (χ4n) is 4.62. The maximum absolute atomic E-state index is 13.9. The average molecular weight is 567 g/mol. The van der Waals surface area contributed by atoms with Crippen LogP contribution in [0.4, 0.5) is 5.13 Å². The lowest BCUT2D eigenvalue weighted by molar-refractivity contribution is -0.123. The molecule has 0 unspecified atom stereocenters. The zero-order valence-electron chi connectivity index (χ0n) is 21.8. The molecule has 0 aliphatic carbocycles. The Morgan fingerprint density at radius 1 is 1.08 bits per heavy atom.